The first kappa shape index (κ1) is 13.2. The smallest absolute Gasteiger partial charge is 0.0543 e. The molecule has 82 valence electrons. The van der Waals surface area contributed by atoms with Crippen molar-refractivity contribution >= 4 is 0 Å². The van der Waals surface area contributed by atoms with Gasteiger partial charge in [0.25, 0.3) is 0 Å². The Morgan fingerprint density at radius 1 is 0.929 bits per heavy atom. The van der Waals surface area contributed by atoms with Crippen LogP contribution >= 0.6 is 0 Å². The highest BCUT2D eigenvalue weighted by molar-refractivity contribution is 4.83. The molecule has 0 aromatic carbocycles. The maximum absolute atomic E-state index is 4.10. The highest BCUT2D eigenvalue weighted by Crippen LogP contribution is 2.10. The van der Waals surface area contributed by atoms with Gasteiger partial charge in [-0.15, -0.1) is 0 Å². The van der Waals surface area contributed by atoms with E-state index in [2.05, 4.69) is 53.6 Å². The molecule has 1 aromatic heterocycles. The van der Waals surface area contributed by atoms with E-state index >= 15 is 0 Å². The molecular formula is C12H24N2. The highest BCUT2D eigenvalue weighted by atomic mass is 15.3. The summed E-state index contributed by atoms with van der Waals surface area (Å²) >= 11 is 0. The minimum absolute atomic E-state index is 0.128. The van der Waals surface area contributed by atoms with Gasteiger partial charge in [0.15, 0.2) is 0 Å². The first-order valence-electron chi connectivity index (χ1n) is 5.11. The minimum atomic E-state index is 0.128. The van der Waals surface area contributed by atoms with Gasteiger partial charge in [0.1, 0.15) is 0 Å². The SMILES string of the molecule is CC(C)(C)C.CC(C)(C)n1cccn1. The van der Waals surface area contributed by atoms with Crippen LogP contribution in [-0.2, 0) is 5.54 Å². The van der Waals surface area contributed by atoms with Crippen LogP contribution in [0.4, 0.5) is 0 Å². The third kappa shape index (κ3) is 7.84. The molecule has 0 saturated carbocycles. The molecule has 14 heavy (non-hydrogen) atoms. The molecule has 1 heterocycles. The summed E-state index contributed by atoms with van der Waals surface area (Å²) in [5.74, 6) is 0. The van der Waals surface area contributed by atoms with Gasteiger partial charge in [-0.2, -0.15) is 5.10 Å². The number of nitrogens with zero attached hydrogens (tertiary/aromatic N) is 2. The molecule has 0 amide bonds. The minimum Gasteiger partial charge on any atom is -0.268 e. The molecule has 0 aliphatic heterocycles. The van der Waals surface area contributed by atoms with Crippen LogP contribution in [0.3, 0.4) is 0 Å². The summed E-state index contributed by atoms with van der Waals surface area (Å²) in [6.07, 6.45) is 3.77. The zero-order valence-electron chi connectivity index (χ0n) is 10.6. The molecule has 0 aliphatic carbocycles. The summed E-state index contributed by atoms with van der Waals surface area (Å²) in [5.41, 5.74) is 0.628. The van der Waals surface area contributed by atoms with E-state index in [1.807, 2.05) is 16.9 Å². The molecule has 2 nitrogen and oxygen atoms in total. The summed E-state index contributed by atoms with van der Waals surface area (Å²) in [6, 6.07) is 1.94. The molecule has 0 N–H and O–H groups in total. The van der Waals surface area contributed by atoms with Crippen LogP contribution in [-0.4, -0.2) is 9.78 Å². The molecule has 0 radical (unpaired) electrons. The van der Waals surface area contributed by atoms with Crippen molar-refractivity contribution in [3.63, 3.8) is 0 Å². The summed E-state index contributed by atoms with van der Waals surface area (Å²) in [6.45, 7) is 15.1. The molecular weight excluding hydrogens is 172 g/mol. The van der Waals surface area contributed by atoms with Gasteiger partial charge in [0, 0.05) is 12.4 Å². The predicted molar refractivity (Wildman–Crippen MR) is 62.4 cm³/mol. The molecule has 0 saturated heterocycles. The lowest BCUT2D eigenvalue weighted by Crippen LogP contribution is -2.21. The average molecular weight is 196 g/mol. The van der Waals surface area contributed by atoms with E-state index in [0.717, 1.165) is 0 Å². The van der Waals surface area contributed by atoms with E-state index in [-0.39, 0.29) is 5.54 Å². The number of aromatic nitrogens is 2. The van der Waals surface area contributed by atoms with Gasteiger partial charge < -0.3 is 0 Å². The largest absolute Gasteiger partial charge is 0.268 e. The maximum atomic E-state index is 4.10. The summed E-state index contributed by atoms with van der Waals surface area (Å²) in [4.78, 5) is 0. The second-order valence-corrected chi connectivity index (χ2v) is 6.12. The molecule has 1 aromatic rings. The predicted octanol–water partition coefficient (Wildman–Crippen LogP) is 3.69. The van der Waals surface area contributed by atoms with E-state index in [1.165, 1.54) is 0 Å². The van der Waals surface area contributed by atoms with E-state index < -0.39 is 0 Å². The van der Waals surface area contributed by atoms with Crippen LogP contribution < -0.4 is 0 Å². The lowest BCUT2D eigenvalue weighted by atomic mass is 10.0. The first-order chi connectivity index (χ1) is 6.11. The Kier molecular flexibility index (Phi) is 4.37. The lowest BCUT2D eigenvalue weighted by molar-refractivity contribution is 0.355. The summed E-state index contributed by atoms with van der Waals surface area (Å²) < 4.78 is 1.94. The zero-order valence-corrected chi connectivity index (χ0v) is 10.6. The molecule has 0 atom stereocenters. The fourth-order valence-corrected chi connectivity index (χ4v) is 0.666. The maximum Gasteiger partial charge on any atom is 0.0543 e. The summed E-state index contributed by atoms with van der Waals surface area (Å²) in [5, 5.41) is 4.10. The van der Waals surface area contributed by atoms with Gasteiger partial charge in [-0.25, -0.2) is 0 Å². The van der Waals surface area contributed by atoms with Crippen LogP contribution in [0.1, 0.15) is 48.5 Å². The Morgan fingerprint density at radius 2 is 1.36 bits per heavy atom. The van der Waals surface area contributed by atoms with Crippen molar-refractivity contribution in [1.29, 1.82) is 0 Å². The van der Waals surface area contributed by atoms with Crippen molar-refractivity contribution in [2.45, 2.75) is 54.0 Å². The molecule has 0 fully saturated rings. The Balaban J connectivity index is 0.000000292. The molecule has 0 aliphatic rings. The van der Waals surface area contributed by atoms with Crippen LogP contribution in [0.15, 0.2) is 18.5 Å². The van der Waals surface area contributed by atoms with Crippen LogP contribution in [0.2, 0.25) is 0 Å². The van der Waals surface area contributed by atoms with Crippen molar-refractivity contribution in [2.75, 3.05) is 0 Å². The van der Waals surface area contributed by atoms with Crippen molar-refractivity contribution in [3.05, 3.63) is 18.5 Å². The van der Waals surface area contributed by atoms with Crippen LogP contribution in [0, 0.1) is 5.41 Å². The fraction of sp³-hybridized carbons (Fsp3) is 0.750. The second-order valence-electron chi connectivity index (χ2n) is 6.12. The molecule has 0 spiro atoms. The third-order valence-corrected chi connectivity index (χ3v) is 1.19. The quantitative estimate of drug-likeness (QED) is 0.619. The average Bonchev–Trinajstić information content (AvgIpc) is 2.28. The molecule has 1 rings (SSSR count). The van der Waals surface area contributed by atoms with E-state index in [9.17, 15) is 0 Å². The molecule has 0 unspecified atom stereocenters. The van der Waals surface area contributed by atoms with E-state index in [1.54, 1.807) is 6.20 Å². The monoisotopic (exact) mass is 196 g/mol. The number of hydrogen-bond acceptors (Lipinski definition) is 1. The Hall–Kier alpha value is -0.790. The molecule has 2 heteroatoms. The van der Waals surface area contributed by atoms with E-state index in [0.29, 0.717) is 5.41 Å². The lowest BCUT2D eigenvalue weighted by Gasteiger charge is -2.18. The molecule has 0 bridgehead atoms. The highest BCUT2D eigenvalue weighted by Gasteiger charge is 2.10. The van der Waals surface area contributed by atoms with Gasteiger partial charge in [0.05, 0.1) is 5.54 Å². The fourth-order valence-electron chi connectivity index (χ4n) is 0.666. The van der Waals surface area contributed by atoms with Crippen LogP contribution in [0.5, 0.6) is 0 Å². The zero-order chi connectivity index (χ0) is 11.4. The van der Waals surface area contributed by atoms with Gasteiger partial charge in [-0.3, -0.25) is 4.68 Å². The van der Waals surface area contributed by atoms with Crippen molar-refractivity contribution in [1.82, 2.24) is 9.78 Å². The standard InChI is InChI=1S/C7H12N2.C5H12/c1-7(2,3)9-6-4-5-8-9;1-5(2,3)4/h4-6H,1-3H3;1-4H3. The number of rotatable bonds is 0. The van der Waals surface area contributed by atoms with Gasteiger partial charge in [0.2, 0.25) is 0 Å². The van der Waals surface area contributed by atoms with Gasteiger partial charge in [-0.1, -0.05) is 27.7 Å². The van der Waals surface area contributed by atoms with E-state index in [4.69, 9.17) is 0 Å². The second kappa shape index (κ2) is 4.63. The number of hydrogen-bond donors (Lipinski definition) is 0. The van der Waals surface area contributed by atoms with Gasteiger partial charge >= 0.3 is 0 Å². The first-order valence-corrected chi connectivity index (χ1v) is 5.11. The topological polar surface area (TPSA) is 17.8 Å². The summed E-state index contributed by atoms with van der Waals surface area (Å²) in [7, 11) is 0. The third-order valence-electron chi connectivity index (χ3n) is 1.19. The van der Waals surface area contributed by atoms with Crippen molar-refractivity contribution in [3.8, 4) is 0 Å². The van der Waals surface area contributed by atoms with Crippen molar-refractivity contribution in [2.24, 2.45) is 5.41 Å². The van der Waals surface area contributed by atoms with Gasteiger partial charge in [-0.05, 0) is 32.3 Å². The Bertz CT molecular complexity index is 228. The Labute approximate surface area is 88.3 Å². The van der Waals surface area contributed by atoms with Crippen molar-refractivity contribution < 1.29 is 0 Å². The normalized spacial score (nSPS) is 11.9. The van der Waals surface area contributed by atoms with Crippen LogP contribution in [0.25, 0.3) is 0 Å². The Morgan fingerprint density at radius 3 is 1.50 bits per heavy atom.